The highest BCUT2D eigenvalue weighted by molar-refractivity contribution is 6.30. The molecular weight excluding hydrogens is 417 g/mol. The summed E-state index contributed by atoms with van der Waals surface area (Å²) in [5.41, 5.74) is 3.01. The Morgan fingerprint density at radius 2 is 2.00 bits per heavy atom. The van der Waals surface area contributed by atoms with Crippen molar-refractivity contribution < 1.29 is 9.18 Å². The molecule has 3 heterocycles. The predicted molar refractivity (Wildman–Crippen MR) is 118 cm³/mol. The zero-order chi connectivity index (χ0) is 21.5. The Hall–Kier alpha value is -2.25. The Labute approximate surface area is 186 Å². The van der Waals surface area contributed by atoms with Crippen LogP contribution in [0.4, 0.5) is 10.2 Å². The smallest absolute Gasteiger partial charge is 0.227 e. The molecule has 0 radical (unpaired) electrons. The number of halogens is 2. The maximum absolute atomic E-state index is 14.5. The number of aromatic nitrogens is 2. The number of piperazine rings is 1. The molecule has 2 aromatic rings. The molecule has 1 aromatic heterocycles. The Morgan fingerprint density at radius 1 is 1.19 bits per heavy atom. The average Bonchev–Trinajstić information content (AvgIpc) is 3.41. The van der Waals surface area contributed by atoms with Crippen molar-refractivity contribution in [1.82, 2.24) is 20.2 Å². The topological polar surface area (TPSA) is 61.4 Å². The van der Waals surface area contributed by atoms with Gasteiger partial charge >= 0.3 is 0 Å². The van der Waals surface area contributed by atoms with Crippen LogP contribution in [0.5, 0.6) is 0 Å². The van der Waals surface area contributed by atoms with Crippen molar-refractivity contribution in [2.75, 3.05) is 44.2 Å². The van der Waals surface area contributed by atoms with E-state index >= 15 is 0 Å². The Bertz CT molecular complexity index is 994. The van der Waals surface area contributed by atoms with Crippen LogP contribution in [0.3, 0.4) is 0 Å². The molecule has 164 valence electrons. The summed E-state index contributed by atoms with van der Waals surface area (Å²) in [7, 11) is 0. The van der Waals surface area contributed by atoms with Crippen LogP contribution in [0, 0.1) is 11.7 Å². The minimum Gasteiger partial charge on any atom is -0.353 e. The van der Waals surface area contributed by atoms with Crippen molar-refractivity contribution in [2.45, 2.75) is 31.6 Å². The minimum atomic E-state index is -0.337. The molecule has 3 aliphatic rings. The Balaban J connectivity index is 1.28. The predicted octanol–water partition coefficient (Wildman–Crippen LogP) is 2.97. The third-order valence-corrected chi connectivity index (χ3v) is 7.27. The molecule has 2 saturated heterocycles. The van der Waals surface area contributed by atoms with E-state index in [0.29, 0.717) is 42.7 Å². The number of hydrogen-bond donors (Lipinski definition) is 1. The molecule has 3 atom stereocenters. The van der Waals surface area contributed by atoms with Gasteiger partial charge < -0.3 is 15.1 Å². The van der Waals surface area contributed by atoms with Gasteiger partial charge in [-0.05, 0) is 36.5 Å². The van der Waals surface area contributed by atoms with E-state index in [4.69, 9.17) is 11.6 Å². The first-order valence-corrected chi connectivity index (χ1v) is 11.4. The molecule has 31 heavy (non-hydrogen) atoms. The molecule has 6 nitrogen and oxygen atoms in total. The van der Waals surface area contributed by atoms with Crippen LogP contribution in [-0.4, -0.2) is 60.0 Å². The maximum Gasteiger partial charge on any atom is 0.227 e. The van der Waals surface area contributed by atoms with E-state index in [1.54, 1.807) is 18.5 Å². The van der Waals surface area contributed by atoms with Crippen molar-refractivity contribution >= 4 is 23.3 Å². The second-order valence-corrected chi connectivity index (χ2v) is 9.28. The van der Waals surface area contributed by atoms with Crippen molar-refractivity contribution in [3.05, 3.63) is 52.2 Å². The van der Waals surface area contributed by atoms with Crippen molar-refractivity contribution in [3.63, 3.8) is 0 Å². The highest BCUT2D eigenvalue weighted by Gasteiger charge is 2.39. The van der Waals surface area contributed by atoms with Crippen molar-refractivity contribution in [1.29, 1.82) is 0 Å². The van der Waals surface area contributed by atoms with E-state index in [-0.39, 0.29) is 23.6 Å². The molecule has 1 aromatic carbocycles. The largest absolute Gasteiger partial charge is 0.353 e. The lowest BCUT2D eigenvalue weighted by molar-refractivity contribution is -0.135. The monoisotopic (exact) mass is 443 g/mol. The standard InChI is InChI=1S/C23H27ClFN5O/c1-14-2-5-20-21(14)22(28-13-27-20)29-6-8-30(9-7-29)23(31)18-12-26-11-17(18)16-4-3-15(24)10-19(16)25/h3-4,10,13-14,17-18,26H,2,5-9,11-12H2,1H3/t14?,17-,18+/m1/s1. The molecule has 0 spiro atoms. The second-order valence-electron chi connectivity index (χ2n) is 8.85. The van der Waals surface area contributed by atoms with Gasteiger partial charge in [0.2, 0.25) is 5.91 Å². The van der Waals surface area contributed by atoms with E-state index in [1.807, 2.05) is 4.90 Å². The third-order valence-electron chi connectivity index (χ3n) is 7.04. The van der Waals surface area contributed by atoms with Crippen molar-refractivity contribution in [2.24, 2.45) is 5.92 Å². The van der Waals surface area contributed by atoms with Gasteiger partial charge in [0.25, 0.3) is 0 Å². The van der Waals surface area contributed by atoms with Gasteiger partial charge in [-0.25, -0.2) is 14.4 Å². The van der Waals surface area contributed by atoms with Crippen LogP contribution in [-0.2, 0) is 11.2 Å². The van der Waals surface area contributed by atoms with Gasteiger partial charge in [0.05, 0.1) is 5.92 Å². The number of nitrogens with zero attached hydrogens (tertiary/aromatic N) is 4. The molecular formula is C23H27ClFN5O. The van der Waals surface area contributed by atoms with Crippen LogP contribution in [0.1, 0.15) is 42.0 Å². The average molecular weight is 444 g/mol. The van der Waals surface area contributed by atoms with Gasteiger partial charge in [0.15, 0.2) is 0 Å². The van der Waals surface area contributed by atoms with E-state index in [1.165, 1.54) is 17.3 Å². The van der Waals surface area contributed by atoms with E-state index in [0.717, 1.165) is 31.7 Å². The summed E-state index contributed by atoms with van der Waals surface area (Å²) >= 11 is 5.91. The number of hydrogen-bond acceptors (Lipinski definition) is 5. The summed E-state index contributed by atoms with van der Waals surface area (Å²) < 4.78 is 14.5. The molecule has 8 heteroatoms. The first-order valence-electron chi connectivity index (χ1n) is 11.1. The molecule has 1 aliphatic carbocycles. The molecule has 5 rings (SSSR count). The van der Waals surface area contributed by atoms with Crippen LogP contribution in [0.15, 0.2) is 24.5 Å². The number of anilines is 1. The summed E-state index contributed by atoms with van der Waals surface area (Å²) in [6, 6.07) is 4.74. The van der Waals surface area contributed by atoms with Crippen LogP contribution >= 0.6 is 11.6 Å². The minimum absolute atomic E-state index is 0.102. The number of nitrogens with one attached hydrogen (secondary N) is 1. The Kier molecular flexibility index (Phi) is 5.56. The second kappa shape index (κ2) is 8.36. The first-order chi connectivity index (χ1) is 15.0. The summed E-state index contributed by atoms with van der Waals surface area (Å²) in [5.74, 6) is 0.844. The van der Waals surface area contributed by atoms with Crippen LogP contribution in [0.2, 0.25) is 5.02 Å². The molecule has 0 bridgehead atoms. The number of carbonyl (C=O) groups excluding carboxylic acids is 1. The fraction of sp³-hybridized carbons (Fsp3) is 0.522. The zero-order valence-corrected chi connectivity index (χ0v) is 18.4. The number of rotatable bonds is 3. The van der Waals surface area contributed by atoms with Gasteiger partial charge in [-0.2, -0.15) is 0 Å². The van der Waals surface area contributed by atoms with Crippen LogP contribution in [0.25, 0.3) is 0 Å². The van der Waals surface area contributed by atoms with E-state index < -0.39 is 0 Å². The molecule has 0 saturated carbocycles. The highest BCUT2D eigenvalue weighted by atomic mass is 35.5. The lowest BCUT2D eigenvalue weighted by Gasteiger charge is -2.38. The van der Waals surface area contributed by atoms with Gasteiger partial charge in [-0.15, -0.1) is 0 Å². The highest BCUT2D eigenvalue weighted by Crippen LogP contribution is 2.37. The van der Waals surface area contributed by atoms with Gasteiger partial charge in [0.1, 0.15) is 18.0 Å². The summed E-state index contributed by atoms with van der Waals surface area (Å²) in [4.78, 5) is 26.6. The van der Waals surface area contributed by atoms with Crippen LogP contribution < -0.4 is 10.2 Å². The van der Waals surface area contributed by atoms with Crippen molar-refractivity contribution in [3.8, 4) is 0 Å². The van der Waals surface area contributed by atoms with Gasteiger partial charge in [-0.3, -0.25) is 4.79 Å². The number of amides is 1. The first kappa shape index (κ1) is 20.6. The van der Waals surface area contributed by atoms with Gasteiger partial charge in [-0.1, -0.05) is 24.6 Å². The summed E-state index contributed by atoms with van der Waals surface area (Å²) in [6.07, 6.45) is 3.80. The number of fused-ring (bicyclic) bond motifs is 1. The fourth-order valence-corrected chi connectivity index (χ4v) is 5.47. The SMILES string of the molecule is CC1CCc2ncnc(N3CCN(C(=O)[C@H]4CNC[C@@H]4c4ccc(Cl)cc4F)CC3)c21. The van der Waals surface area contributed by atoms with Gasteiger partial charge in [0, 0.05) is 61.5 Å². The third kappa shape index (κ3) is 3.78. The van der Waals surface area contributed by atoms with E-state index in [9.17, 15) is 9.18 Å². The maximum atomic E-state index is 14.5. The van der Waals surface area contributed by atoms with E-state index in [2.05, 4.69) is 27.1 Å². The normalized spacial score (nSPS) is 25.7. The zero-order valence-electron chi connectivity index (χ0n) is 17.7. The fourth-order valence-electron chi connectivity index (χ4n) is 5.32. The summed E-state index contributed by atoms with van der Waals surface area (Å²) in [5, 5.41) is 3.65. The number of aryl methyl sites for hydroxylation is 1. The number of benzene rings is 1. The quantitative estimate of drug-likeness (QED) is 0.790. The molecule has 2 fully saturated rings. The molecule has 1 amide bonds. The number of carbonyl (C=O) groups is 1. The Morgan fingerprint density at radius 3 is 2.77 bits per heavy atom. The lowest BCUT2D eigenvalue weighted by Crippen LogP contribution is -2.51. The molecule has 1 unspecified atom stereocenters. The lowest BCUT2D eigenvalue weighted by atomic mass is 9.87. The molecule has 2 aliphatic heterocycles. The summed E-state index contributed by atoms with van der Waals surface area (Å²) in [6.45, 7) is 6.21. The molecule has 1 N–H and O–H groups in total.